The minimum Gasteiger partial charge on any atom is -0.324 e. The summed E-state index contributed by atoms with van der Waals surface area (Å²) in [6, 6.07) is 0. The molecule has 0 radical (unpaired) electrons. The average Bonchev–Trinajstić information content (AvgIpc) is 1.99. The third-order valence-electron chi connectivity index (χ3n) is 1.33. The molecule has 1 atom stereocenters. The number of allylic oxidation sites excluding steroid dienone is 1. The van der Waals surface area contributed by atoms with Crippen molar-refractivity contribution in [2.45, 2.75) is 25.9 Å². The molecule has 0 aliphatic rings. The van der Waals surface area contributed by atoms with Crippen molar-refractivity contribution in [3.8, 4) is 12.3 Å². The summed E-state index contributed by atoms with van der Waals surface area (Å²) in [4.78, 5) is 9.30. The van der Waals surface area contributed by atoms with Gasteiger partial charge in [0.2, 0.25) is 0 Å². The van der Waals surface area contributed by atoms with E-state index in [4.69, 9.17) is 10.9 Å². The molecule has 1 N–H and O–H groups in total. The molecule has 0 heterocycles. The lowest BCUT2D eigenvalue weighted by atomic mass is 10.2. The summed E-state index contributed by atoms with van der Waals surface area (Å²) in [6.07, 6.45) is 7.18. The second-order valence-corrected chi connectivity index (χ2v) is 5.09. The first-order chi connectivity index (χ1) is 5.83. The molecule has 0 rings (SSSR count). The van der Waals surface area contributed by atoms with Gasteiger partial charge in [-0.25, -0.2) is 0 Å². The normalized spacial score (nSPS) is 15.8. The Balaban J connectivity index is 4.26. The summed E-state index contributed by atoms with van der Waals surface area (Å²) in [5.41, 5.74) is -0.995. The van der Waals surface area contributed by atoms with E-state index in [2.05, 4.69) is 12.5 Å². The molecule has 4 heteroatoms. The molecule has 0 amide bonds. The fourth-order valence-corrected chi connectivity index (χ4v) is 2.05. The fourth-order valence-electron chi connectivity index (χ4n) is 0.683. The highest BCUT2D eigenvalue weighted by Gasteiger charge is 2.27. The maximum absolute atomic E-state index is 11.3. The van der Waals surface area contributed by atoms with E-state index < -0.39 is 13.2 Å². The van der Waals surface area contributed by atoms with E-state index in [-0.39, 0.29) is 6.16 Å². The van der Waals surface area contributed by atoms with E-state index in [1.54, 1.807) is 19.9 Å². The Hall–Kier alpha value is -0.550. The van der Waals surface area contributed by atoms with Crippen molar-refractivity contribution in [3.63, 3.8) is 0 Å². The zero-order chi connectivity index (χ0) is 10.5. The van der Waals surface area contributed by atoms with E-state index >= 15 is 0 Å². The maximum Gasteiger partial charge on any atom is 0.329 e. The van der Waals surface area contributed by atoms with Crippen LogP contribution in [0.1, 0.15) is 20.3 Å². The van der Waals surface area contributed by atoms with Crippen molar-refractivity contribution in [2.24, 2.45) is 0 Å². The first-order valence-corrected chi connectivity index (χ1v) is 5.70. The zero-order valence-electron chi connectivity index (χ0n) is 7.99. The van der Waals surface area contributed by atoms with Gasteiger partial charge in [-0.1, -0.05) is 12.0 Å². The van der Waals surface area contributed by atoms with Crippen molar-refractivity contribution in [3.05, 3.63) is 12.7 Å². The van der Waals surface area contributed by atoms with Gasteiger partial charge in [0, 0.05) is 0 Å². The van der Waals surface area contributed by atoms with Crippen LogP contribution >= 0.6 is 7.60 Å². The van der Waals surface area contributed by atoms with Gasteiger partial charge in [-0.3, -0.25) is 9.09 Å². The lowest BCUT2D eigenvalue weighted by Gasteiger charge is -2.22. The van der Waals surface area contributed by atoms with Crippen LogP contribution in [0.5, 0.6) is 0 Å². The molecule has 13 heavy (non-hydrogen) atoms. The van der Waals surface area contributed by atoms with Crippen LogP contribution in [0.2, 0.25) is 0 Å². The van der Waals surface area contributed by atoms with E-state index in [9.17, 15) is 9.46 Å². The average molecular weight is 202 g/mol. The highest BCUT2D eigenvalue weighted by molar-refractivity contribution is 7.52. The van der Waals surface area contributed by atoms with Crippen LogP contribution < -0.4 is 0 Å². The molecule has 74 valence electrons. The van der Waals surface area contributed by atoms with Crippen molar-refractivity contribution in [2.75, 3.05) is 6.16 Å². The minimum atomic E-state index is -3.56. The van der Waals surface area contributed by atoms with Gasteiger partial charge in [0.05, 0.1) is 6.16 Å². The van der Waals surface area contributed by atoms with Gasteiger partial charge in [-0.05, 0) is 20.3 Å². The largest absolute Gasteiger partial charge is 0.329 e. The minimum absolute atomic E-state index is 0.0572. The van der Waals surface area contributed by atoms with E-state index in [1.807, 2.05) is 0 Å². The molecule has 1 unspecified atom stereocenters. The van der Waals surface area contributed by atoms with Crippen LogP contribution in [0.4, 0.5) is 0 Å². The van der Waals surface area contributed by atoms with E-state index in [0.29, 0.717) is 6.42 Å². The van der Waals surface area contributed by atoms with Gasteiger partial charge in [0.15, 0.2) is 0 Å². The highest BCUT2D eigenvalue weighted by Crippen LogP contribution is 2.46. The van der Waals surface area contributed by atoms with Crippen molar-refractivity contribution >= 4 is 7.60 Å². The second-order valence-electron chi connectivity index (χ2n) is 3.18. The topological polar surface area (TPSA) is 46.5 Å². The second kappa shape index (κ2) is 4.62. The number of hydrogen-bond acceptors (Lipinski definition) is 2. The summed E-state index contributed by atoms with van der Waals surface area (Å²) >= 11 is 0. The summed E-state index contributed by atoms with van der Waals surface area (Å²) in [5, 5.41) is 0. The monoisotopic (exact) mass is 202 g/mol. The standard InChI is InChI=1S/C9H15O3P/c1-5-7-8-13(10,11)12-9(3,4)6-2/h2,5H,1,7-8H2,3-4H3,(H,10,11). The van der Waals surface area contributed by atoms with Gasteiger partial charge in [0.1, 0.15) is 5.60 Å². The smallest absolute Gasteiger partial charge is 0.324 e. The molecule has 0 aliphatic carbocycles. The van der Waals surface area contributed by atoms with Crippen molar-refractivity contribution in [1.29, 1.82) is 0 Å². The SMILES string of the molecule is C#CC(C)(C)OP(=O)(O)CCC=C. The predicted molar refractivity (Wildman–Crippen MR) is 53.5 cm³/mol. The molecule has 0 spiro atoms. The molecule has 0 aromatic rings. The Morgan fingerprint density at radius 3 is 2.69 bits per heavy atom. The molecule has 0 aromatic carbocycles. The van der Waals surface area contributed by atoms with Gasteiger partial charge < -0.3 is 4.89 Å². The Kier molecular flexibility index (Phi) is 4.43. The molecule has 0 bridgehead atoms. The molecule has 0 aliphatic heterocycles. The molecule has 3 nitrogen and oxygen atoms in total. The Labute approximate surface area is 79.3 Å². The first-order valence-electron chi connectivity index (χ1n) is 3.94. The molecular formula is C9H15O3P. The zero-order valence-corrected chi connectivity index (χ0v) is 8.88. The summed E-state index contributed by atoms with van der Waals surface area (Å²) in [7, 11) is -3.56. The Morgan fingerprint density at radius 2 is 2.31 bits per heavy atom. The molecular weight excluding hydrogens is 187 g/mol. The van der Waals surface area contributed by atoms with Crippen LogP contribution in [-0.4, -0.2) is 16.7 Å². The van der Waals surface area contributed by atoms with Gasteiger partial charge in [0.25, 0.3) is 0 Å². The van der Waals surface area contributed by atoms with Gasteiger partial charge in [-0.2, -0.15) is 0 Å². The van der Waals surface area contributed by atoms with Crippen LogP contribution in [0.3, 0.4) is 0 Å². The van der Waals surface area contributed by atoms with Crippen molar-refractivity contribution < 1.29 is 14.0 Å². The summed E-state index contributed by atoms with van der Waals surface area (Å²) < 4.78 is 16.2. The van der Waals surface area contributed by atoms with Gasteiger partial charge >= 0.3 is 7.60 Å². The maximum atomic E-state index is 11.3. The number of terminal acetylenes is 1. The molecule has 0 fully saturated rings. The Bertz CT molecular complexity index is 263. The third kappa shape index (κ3) is 5.65. The summed E-state index contributed by atoms with van der Waals surface area (Å²) in [6.45, 7) is 6.60. The molecule has 0 saturated carbocycles. The van der Waals surface area contributed by atoms with Gasteiger partial charge in [-0.15, -0.1) is 13.0 Å². The van der Waals surface area contributed by atoms with Crippen molar-refractivity contribution in [1.82, 2.24) is 0 Å². The van der Waals surface area contributed by atoms with E-state index in [0.717, 1.165) is 0 Å². The fraction of sp³-hybridized carbons (Fsp3) is 0.556. The van der Waals surface area contributed by atoms with E-state index in [1.165, 1.54) is 0 Å². The van der Waals surface area contributed by atoms with Crippen LogP contribution in [-0.2, 0) is 9.09 Å². The highest BCUT2D eigenvalue weighted by atomic mass is 31.2. The van der Waals surface area contributed by atoms with Crippen LogP contribution in [0.15, 0.2) is 12.7 Å². The van der Waals surface area contributed by atoms with Crippen LogP contribution in [0.25, 0.3) is 0 Å². The lowest BCUT2D eigenvalue weighted by molar-refractivity contribution is 0.147. The number of rotatable bonds is 5. The lowest BCUT2D eigenvalue weighted by Crippen LogP contribution is -2.20. The number of hydrogen-bond donors (Lipinski definition) is 1. The summed E-state index contributed by atoms with van der Waals surface area (Å²) in [5.74, 6) is 2.29. The van der Waals surface area contributed by atoms with Crippen LogP contribution in [0, 0.1) is 12.3 Å². The first kappa shape index (κ1) is 12.4. The predicted octanol–water partition coefficient (Wildman–Crippen LogP) is 2.18. The molecule has 0 aromatic heterocycles. The Morgan fingerprint density at radius 1 is 1.77 bits per heavy atom. The quantitative estimate of drug-likeness (QED) is 0.422. The third-order valence-corrected chi connectivity index (χ3v) is 2.90. The molecule has 0 saturated heterocycles.